The van der Waals surface area contributed by atoms with E-state index in [1.54, 1.807) is 25.3 Å². The SMILES string of the molecule is COc1cc(C(=O)N2CCN(Cc3ccc(C(=O)O)cc3)CC2)ccc1C. The normalized spacial score (nSPS) is 14.8. The zero-order valence-corrected chi connectivity index (χ0v) is 15.6. The summed E-state index contributed by atoms with van der Waals surface area (Å²) in [6.45, 7) is 5.62. The van der Waals surface area contributed by atoms with Crippen LogP contribution in [0.2, 0.25) is 0 Å². The van der Waals surface area contributed by atoms with Gasteiger partial charge in [-0.1, -0.05) is 18.2 Å². The van der Waals surface area contributed by atoms with Gasteiger partial charge in [0.05, 0.1) is 12.7 Å². The van der Waals surface area contributed by atoms with Gasteiger partial charge in [0.2, 0.25) is 0 Å². The second-order valence-electron chi connectivity index (χ2n) is 6.75. The van der Waals surface area contributed by atoms with Gasteiger partial charge in [-0.3, -0.25) is 9.69 Å². The molecule has 0 spiro atoms. The van der Waals surface area contributed by atoms with Gasteiger partial charge in [-0.05, 0) is 42.3 Å². The number of hydrogen-bond acceptors (Lipinski definition) is 4. The maximum atomic E-state index is 12.7. The summed E-state index contributed by atoms with van der Waals surface area (Å²) < 4.78 is 5.31. The van der Waals surface area contributed by atoms with E-state index < -0.39 is 5.97 Å². The fraction of sp³-hybridized carbons (Fsp3) is 0.333. The topological polar surface area (TPSA) is 70.1 Å². The molecule has 1 saturated heterocycles. The Morgan fingerprint density at radius 2 is 1.63 bits per heavy atom. The summed E-state index contributed by atoms with van der Waals surface area (Å²) in [5.74, 6) is -0.163. The number of carbonyl (C=O) groups is 2. The van der Waals surface area contributed by atoms with Crippen molar-refractivity contribution in [3.8, 4) is 5.75 Å². The number of aryl methyl sites for hydroxylation is 1. The number of nitrogens with zero attached hydrogens (tertiary/aromatic N) is 2. The minimum absolute atomic E-state index is 0.0266. The van der Waals surface area contributed by atoms with Crippen molar-refractivity contribution >= 4 is 11.9 Å². The lowest BCUT2D eigenvalue weighted by Gasteiger charge is -2.35. The highest BCUT2D eigenvalue weighted by molar-refractivity contribution is 5.94. The van der Waals surface area contributed by atoms with Crippen LogP contribution in [-0.2, 0) is 6.54 Å². The Morgan fingerprint density at radius 1 is 1.00 bits per heavy atom. The Kier molecular flexibility index (Phi) is 5.76. The van der Waals surface area contributed by atoms with Crippen LogP contribution in [0.1, 0.15) is 31.8 Å². The lowest BCUT2D eigenvalue weighted by Crippen LogP contribution is -2.48. The Morgan fingerprint density at radius 3 is 2.22 bits per heavy atom. The molecular formula is C21H24N2O4. The maximum absolute atomic E-state index is 12.7. The third kappa shape index (κ3) is 4.46. The largest absolute Gasteiger partial charge is 0.496 e. The third-order valence-corrected chi connectivity index (χ3v) is 4.92. The Bertz CT molecular complexity index is 825. The molecule has 6 heteroatoms. The molecule has 0 bridgehead atoms. The lowest BCUT2D eigenvalue weighted by molar-refractivity contribution is 0.0627. The Labute approximate surface area is 159 Å². The minimum atomic E-state index is -0.915. The third-order valence-electron chi connectivity index (χ3n) is 4.92. The van der Waals surface area contributed by atoms with Gasteiger partial charge in [0.15, 0.2) is 0 Å². The molecule has 142 valence electrons. The first-order valence-electron chi connectivity index (χ1n) is 8.96. The molecule has 0 unspecified atom stereocenters. The molecule has 1 aliphatic rings. The summed E-state index contributed by atoms with van der Waals surface area (Å²) in [5, 5.41) is 8.96. The Balaban J connectivity index is 1.56. The van der Waals surface area contributed by atoms with Crippen LogP contribution in [0, 0.1) is 6.92 Å². The number of carboxylic acid groups (broad SMARTS) is 1. The maximum Gasteiger partial charge on any atom is 0.335 e. The monoisotopic (exact) mass is 368 g/mol. The van der Waals surface area contributed by atoms with Gasteiger partial charge in [-0.25, -0.2) is 4.79 Å². The number of aromatic carboxylic acids is 1. The van der Waals surface area contributed by atoms with E-state index >= 15 is 0 Å². The fourth-order valence-corrected chi connectivity index (χ4v) is 3.26. The number of hydrogen-bond donors (Lipinski definition) is 1. The van der Waals surface area contributed by atoms with Crippen molar-refractivity contribution in [2.24, 2.45) is 0 Å². The van der Waals surface area contributed by atoms with Gasteiger partial charge in [-0.15, -0.1) is 0 Å². The van der Waals surface area contributed by atoms with Crippen LogP contribution in [0.3, 0.4) is 0 Å². The standard InChI is InChI=1S/C21H24N2O4/c1-15-3-6-18(13-19(15)27-2)20(24)23-11-9-22(10-12-23)14-16-4-7-17(8-5-16)21(25)26/h3-8,13H,9-12,14H2,1-2H3,(H,25,26). The molecule has 0 aromatic heterocycles. The molecule has 0 atom stereocenters. The zero-order chi connectivity index (χ0) is 19.4. The first-order valence-corrected chi connectivity index (χ1v) is 8.96. The highest BCUT2D eigenvalue weighted by Gasteiger charge is 2.22. The summed E-state index contributed by atoms with van der Waals surface area (Å²) in [4.78, 5) is 27.8. The number of benzene rings is 2. The molecule has 2 aromatic carbocycles. The van der Waals surface area contributed by atoms with E-state index in [2.05, 4.69) is 4.90 Å². The van der Waals surface area contributed by atoms with Crippen LogP contribution in [0.25, 0.3) is 0 Å². The quantitative estimate of drug-likeness (QED) is 0.879. The molecule has 0 radical (unpaired) electrons. The number of piperazine rings is 1. The highest BCUT2D eigenvalue weighted by atomic mass is 16.5. The van der Waals surface area contributed by atoms with E-state index in [4.69, 9.17) is 9.84 Å². The van der Waals surface area contributed by atoms with E-state index in [1.807, 2.05) is 36.1 Å². The number of ether oxygens (including phenoxy) is 1. The van der Waals surface area contributed by atoms with Gasteiger partial charge >= 0.3 is 5.97 Å². The summed E-state index contributed by atoms with van der Waals surface area (Å²) in [6, 6.07) is 12.5. The van der Waals surface area contributed by atoms with Crippen molar-refractivity contribution in [1.29, 1.82) is 0 Å². The van der Waals surface area contributed by atoms with Crippen LogP contribution in [0.5, 0.6) is 5.75 Å². The van der Waals surface area contributed by atoms with E-state index in [9.17, 15) is 9.59 Å². The van der Waals surface area contributed by atoms with Crippen molar-refractivity contribution in [3.63, 3.8) is 0 Å². The molecule has 1 amide bonds. The van der Waals surface area contributed by atoms with Gasteiger partial charge in [0.1, 0.15) is 5.75 Å². The van der Waals surface area contributed by atoms with Gasteiger partial charge < -0.3 is 14.7 Å². The van der Waals surface area contributed by atoms with E-state index in [0.29, 0.717) is 24.2 Å². The highest BCUT2D eigenvalue weighted by Crippen LogP contribution is 2.20. The molecule has 1 fully saturated rings. The average Bonchev–Trinajstić information content (AvgIpc) is 2.69. The number of rotatable bonds is 5. The smallest absolute Gasteiger partial charge is 0.335 e. The predicted molar refractivity (Wildman–Crippen MR) is 102 cm³/mol. The summed E-state index contributed by atoms with van der Waals surface area (Å²) >= 11 is 0. The average molecular weight is 368 g/mol. The van der Waals surface area contributed by atoms with Crippen molar-refractivity contribution < 1.29 is 19.4 Å². The fourth-order valence-electron chi connectivity index (χ4n) is 3.26. The van der Waals surface area contributed by atoms with E-state index in [0.717, 1.165) is 36.5 Å². The second-order valence-corrected chi connectivity index (χ2v) is 6.75. The van der Waals surface area contributed by atoms with Crippen LogP contribution in [0.4, 0.5) is 0 Å². The molecular weight excluding hydrogens is 344 g/mol. The lowest BCUT2D eigenvalue weighted by atomic mass is 10.1. The molecule has 1 N–H and O–H groups in total. The second kappa shape index (κ2) is 8.22. The number of carboxylic acids is 1. The molecule has 6 nitrogen and oxygen atoms in total. The summed E-state index contributed by atoms with van der Waals surface area (Å²) in [7, 11) is 1.61. The molecule has 2 aromatic rings. The first-order chi connectivity index (χ1) is 13.0. The van der Waals surface area contributed by atoms with Gasteiger partial charge in [0, 0.05) is 38.3 Å². The minimum Gasteiger partial charge on any atom is -0.496 e. The summed E-state index contributed by atoms with van der Waals surface area (Å²) in [5.41, 5.74) is 3.02. The molecule has 27 heavy (non-hydrogen) atoms. The van der Waals surface area contributed by atoms with Crippen LogP contribution < -0.4 is 4.74 Å². The molecule has 0 aliphatic carbocycles. The molecule has 0 saturated carbocycles. The first kappa shape index (κ1) is 18.9. The van der Waals surface area contributed by atoms with Crippen molar-refractivity contribution in [2.45, 2.75) is 13.5 Å². The number of carbonyl (C=O) groups excluding carboxylic acids is 1. The van der Waals surface area contributed by atoms with Crippen LogP contribution >= 0.6 is 0 Å². The van der Waals surface area contributed by atoms with Crippen LogP contribution in [0.15, 0.2) is 42.5 Å². The van der Waals surface area contributed by atoms with Crippen molar-refractivity contribution in [2.75, 3.05) is 33.3 Å². The van der Waals surface area contributed by atoms with Crippen molar-refractivity contribution in [3.05, 3.63) is 64.7 Å². The van der Waals surface area contributed by atoms with Crippen molar-refractivity contribution in [1.82, 2.24) is 9.80 Å². The molecule has 1 aliphatic heterocycles. The van der Waals surface area contributed by atoms with E-state index in [1.165, 1.54) is 0 Å². The van der Waals surface area contributed by atoms with Gasteiger partial charge in [-0.2, -0.15) is 0 Å². The van der Waals surface area contributed by atoms with Gasteiger partial charge in [0.25, 0.3) is 5.91 Å². The molecule has 1 heterocycles. The van der Waals surface area contributed by atoms with Crippen LogP contribution in [-0.4, -0.2) is 60.1 Å². The zero-order valence-electron chi connectivity index (χ0n) is 15.6. The van der Waals surface area contributed by atoms with E-state index in [-0.39, 0.29) is 5.91 Å². The number of amides is 1. The summed E-state index contributed by atoms with van der Waals surface area (Å²) in [6.07, 6.45) is 0. The predicted octanol–water partition coefficient (Wildman–Crippen LogP) is 2.66. The molecule has 3 rings (SSSR count). The number of methoxy groups -OCH3 is 1. The Hall–Kier alpha value is -2.86.